The topological polar surface area (TPSA) is 48.3 Å². The first-order valence-electron chi connectivity index (χ1n) is 6.43. The number of hydrogen-bond acceptors (Lipinski definition) is 4. The van der Waals surface area contributed by atoms with Crippen molar-refractivity contribution in [3.05, 3.63) is 11.9 Å². The number of nitrogens with zero attached hydrogens (tertiary/aromatic N) is 2. The third-order valence-corrected chi connectivity index (χ3v) is 2.47. The summed E-state index contributed by atoms with van der Waals surface area (Å²) in [5.41, 5.74) is 1.01. The Morgan fingerprint density at radius 2 is 2.11 bits per heavy atom. The summed E-state index contributed by atoms with van der Waals surface area (Å²) >= 11 is 0. The van der Waals surface area contributed by atoms with E-state index in [2.05, 4.69) is 21.8 Å². The van der Waals surface area contributed by atoms with Crippen molar-refractivity contribution in [3.63, 3.8) is 0 Å². The molecule has 1 aromatic heterocycles. The Hall–Kier alpha value is -1.07. The molecule has 0 fully saturated rings. The van der Waals surface area contributed by atoms with Gasteiger partial charge in [-0.15, -0.1) is 0 Å². The van der Waals surface area contributed by atoms with Crippen LogP contribution in [0.5, 0.6) is 0 Å². The smallest absolute Gasteiger partial charge is 0.203 e. The molecular weight excluding hydrogens is 230 g/mol. The SMILES string of the molecule is COCC(C)Nc1nc(C)cn1CCOC(C)C. The highest BCUT2D eigenvalue weighted by molar-refractivity contribution is 5.30. The highest BCUT2D eigenvalue weighted by atomic mass is 16.5. The van der Waals surface area contributed by atoms with Gasteiger partial charge in [-0.2, -0.15) is 0 Å². The normalized spacial score (nSPS) is 13.0. The third-order valence-electron chi connectivity index (χ3n) is 2.47. The van der Waals surface area contributed by atoms with Crippen LogP contribution in [-0.2, 0) is 16.0 Å². The van der Waals surface area contributed by atoms with Gasteiger partial charge in [0.05, 0.1) is 25.0 Å². The van der Waals surface area contributed by atoms with Gasteiger partial charge < -0.3 is 19.4 Å². The van der Waals surface area contributed by atoms with Crippen molar-refractivity contribution in [3.8, 4) is 0 Å². The second-order valence-electron chi connectivity index (χ2n) is 4.82. The number of ether oxygens (including phenoxy) is 2. The maximum Gasteiger partial charge on any atom is 0.203 e. The molecule has 0 spiro atoms. The van der Waals surface area contributed by atoms with Gasteiger partial charge in [0, 0.05) is 25.9 Å². The Kier molecular flexibility index (Phi) is 6.15. The van der Waals surface area contributed by atoms with Crippen LogP contribution in [0.2, 0.25) is 0 Å². The molecule has 18 heavy (non-hydrogen) atoms. The summed E-state index contributed by atoms with van der Waals surface area (Å²) in [6, 6.07) is 0.238. The first-order valence-corrected chi connectivity index (χ1v) is 6.43. The van der Waals surface area contributed by atoms with E-state index in [1.165, 1.54) is 0 Å². The van der Waals surface area contributed by atoms with Gasteiger partial charge in [0.15, 0.2) is 0 Å². The van der Waals surface area contributed by atoms with Crippen LogP contribution in [0.3, 0.4) is 0 Å². The number of imidazole rings is 1. The Bertz CT molecular complexity index is 350. The Balaban J connectivity index is 2.55. The molecule has 104 valence electrons. The molecule has 0 bridgehead atoms. The molecule has 0 aliphatic heterocycles. The minimum atomic E-state index is 0.238. The zero-order chi connectivity index (χ0) is 13.5. The molecular formula is C13H25N3O2. The monoisotopic (exact) mass is 255 g/mol. The van der Waals surface area contributed by atoms with Crippen molar-refractivity contribution < 1.29 is 9.47 Å². The molecule has 1 unspecified atom stereocenters. The van der Waals surface area contributed by atoms with Gasteiger partial charge in [-0.25, -0.2) is 4.98 Å². The lowest BCUT2D eigenvalue weighted by molar-refractivity contribution is 0.0729. The zero-order valence-electron chi connectivity index (χ0n) is 12.1. The highest BCUT2D eigenvalue weighted by Gasteiger charge is 2.09. The van der Waals surface area contributed by atoms with E-state index < -0.39 is 0 Å². The number of anilines is 1. The Labute approximate surface area is 109 Å². The van der Waals surface area contributed by atoms with Gasteiger partial charge in [-0.05, 0) is 27.7 Å². The summed E-state index contributed by atoms with van der Waals surface area (Å²) in [6.45, 7) is 10.3. The first kappa shape index (κ1) is 15.0. The van der Waals surface area contributed by atoms with E-state index in [0.29, 0.717) is 13.2 Å². The molecule has 0 aliphatic carbocycles. The number of methoxy groups -OCH3 is 1. The maximum atomic E-state index is 5.56. The fraction of sp³-hybridized carbons (Fsp3) is 0.769. The minimum absolute atomic E-state index is 0.238. The van der Waals surface area contributed by atoms with E-state index in [4.69, 9.17) is 9.47 Å². The maximum absolute atomic E-state index is 5.56. The summed E-state index contributed by atoms with van der Waals surface area (Å²) in [5.74, 6) is 0.879. The molecule has 1 heterocycles. The summed E-state index contributed by atoms with van der Waals surface area (Å²) in [6.07, 6.45) is 2.30. The van der Waals surface area contributed by atoms with Crippen LogP contribution < -0.4 is 5.32 Å². The van der Waals surface area contributed by atoms with Gasteiger partial charge in [-0.3, -0.25) is 0 Å². The summed E-state index contributed by atoms with van der Waals surface area (Å²) < 4.78 is 12.8. The molecule has 0 radical (unpaired) electrons. The predicted octanol–water partition coefficient (Wildman–Crippen LogP) is 2.06. The third kappa shape index (κ3) is 5.06. The van der Waals surface area contributed by atoms with Crippen LogP contribution in [0, 0.1) is 6.92 Å². The number of aryl methyl sites for hydroxylation is 1. The van der Waals surface area contributed by atoms with E-state index in [1.807, 2.05) is 27.0 Å². The number of nitrogens with one attached hydrogen (secondary N) is 1. The first-order chi connectivity index (χ1) is 8.52. The van der Waals surface area contributed by atoms with Crippen molar-refractivity contribution >= 4 is 5.95 Å². The lowest BCUT2D eigenvalue weighted by Crippen LogP contribution is -2.23. The minimum Gasteiger partial charge on any atom is -0.383 e. The second kappa shape index (κ2) is 7.38. The van der Waals surface area contributed by atoms with Crippen LogP contribution in [0.25, 0.3) is 0 Å². The summed E-state index contributed by atoms with van der Waals surface area (Å²) in [5, 5.41) is 3.34. The van der Waals surface area contributed by atoms with E-state index in [0.717, 1.165) is 18.2 Å². The molecule has 0 aromatic carbocycles. The largest absolute Gasteiger partial charge is 0.383 e. The van der Waals surface area contributed by atoms with Gasteiger partial charge >= 0.3 is 0 Å². The molecule has 0 saturated heterocycles. The van der Waals surface area contributed by atoms with Gasteiger partial charge in [0.2, 0.25) is 5.95 Å². The van der Waals surface area contributed by atoms with E-state index in [1.54, 1.807) is 7.11 Å². The fourth-order valence-electron chi connectivity index (χ4n) is 1.73. The number of rotatable bonds is 8. The van der Waals surface area contributed by atoms with Crippen molar-refractivity contribution in [2.24, 2.45) is 0 Å². The van der Waals surface area contributed by atoms with Gasteiger partial charge in [0.25, 0.3) is 0 Å². The van der Waals surface area contributed by atoms with Crippen LogP contribution in [0.4, 0.5) is 5.95 Å². The highest BCUT2D eigenvalue weighted by Crippen LogP contribution is 2.10. The van der Waals surface area contributed by atoms with Crippen LogP contribution >= 0.6 is 0 Å². The Morgan fingerprint density at radius 1 is 1.39 bits per heavy atom. The molecule has 0 amide bonds. The molecule has 1 atom stereocenters. The molecule has 5 nitrogen and oxygen atoms in total. The Morgan fingerprint density at radius 3 is 2.72 bits per heavy atom. The summed E-state index contributed by atoms with van der Waals surface area (Å²) in [7, 11) is 1.70. The molecule has 1 rings (SSSR count). The van der Waals surface area contributed by atoms with Gasteiger partial charge in [-0.1, -0.05) is 0 Å². The number of aromatic nitrogens is 2. The fourth-order valence-corrected chi connectivity index (χ4v) is 1.73. The lowest BCUT2D eigenvalue weighted by atomic mass is 10.4. The van der Waals surface area contributed by atoms with Crippen molar-refractivity contribution in [2.75, 3.05) is 25.6 Å². The van der Waals surface area contributed by atoms with Crippen LogP contribution in [0.1, 0.15) is 26.5 Å². The van der Waals surface area contributed by atoms with Crippen molar-refractivity contribution in [2.45, 2.75) is 46.4 Å². The van der Waals surface area contributed by atoms with Crippen molar-refractivity contribution in [1.82, 2.24) is 9.55 Å². The van der Waals surface area contributed by atoms with E-state index in [-0.39, 0.29) is 12.1 Å². The average Bonchev–Trinajstić information content (AvgIpc) is 2.58. The zero-order valence-corrected chi connectivity index (χ0v) is 12.1. The quantitative estimate of drug-likeness (QED) is 0.772. The molecule has 0 aliphatic rings. The lowest BCUT2D eigenvalue weighted by Gasteiger charge is -2.15. The van der Waals surface area contributed by atoms with Crippen LogP contribution in [0.15, 0.2) is 6.20 Å². The van der Waals surface area contributed by atoms with E-state index >= 15 is 0 Å². The van der Waals surface area contributed by atoms with E-state index in [9.17, 15) is 0 Å². The van der Waals surface area contributed by atoms with Gasteiger partial charge in [0.1, 0.15) is 0 Å². The number of hydrogen-bond donors (Lipinski definition) is 1. The molecule has 1 aromatic rings. The molecule has 1 N–H and O–H groups in total. The second-order valence-corrected chi connectivity index (χ2v) is 4.82. The average molecular weight is 255 g/mol. The molecule has 5 heteroatoms. The van der Waals surface area contributed by atoms with Crippen LogP contribution in [-0.4, -0.2) is 42.0 Å². The molecule has 0 saturated carbocycles. The predicted molar refractivity (Wildman–Crippen MR) is 73.0 cm³/mol. The van der Waals surface area contributed by atoms with Crippen molar-refractivity contribution in [1.29, 1.82) is 0 Å². The standard InChI is InChI=1S/C13H25N3O2/c1-10(2)18-7-6-16-8-11(3)14-13(16)15-12(4)9-17-5/h8,10,12H,6-7,9H2,1-5H3,(H,14,15). The summed E-state index contributed by atoms with van der Waals surface area (Å²) in [4.78, 5) is 4.47.